The van der Waals surface area contributed by atoms with Gasteiger partial charge < -0.3 is 14.8 Å². The summed E-state index contributed by atoms with van der Waals surface area (Å²) < 4.78 is 11.3. The van der Waals surface area contributed by atoms with Crippen molar-refractivity contribution >= 4 is 23.6 Å². The predicted octanol–water partition coefficient (Wildman–Crippen LogP) is 0.389. The van der Waals surface area contributed by atoms with Crippen LogP contribution >= 0.6 is 0 Å². The Balaban J connectivity index is 2.11. The molecule has 0 saturated heterocycles. The fourth-order valence-corrected chi connectivity index (χ4v) is 2.41. The monoisotopic (exact) mass is 369 g/mol. The maximum atomic E-state index is 13.0. The lowest BCUT2D eigenvalue weighted by Gasteiger charge is -2.11. The highest BCUT2D eigenvalue weighted by molar-refractivity contribution is 6.11. The molecule has 2 aromatic rings. The number of hydrogen-bond acceptors (Lipinski definition) is 7. The van der Waals surface area contributed by atoms with E-state index in [0.717, 1.165) is 16.8 Å². The van der Waals surface area contributed by atoms with E-state index in [-0.39, 0.29) is 23.7 Å². The molecule has 0 saturated carbocycles. The summed E-state index contributed by atoms with van der Waals surface area (Å²) in [6.45, 7) is -0.0249. The van der Waals surface area contributed by atoms with E-state index in [1.54, 1.807) is 37.4 Å². The number of carbonyl (C=O) groups excluding carboxylic acids is 4. The van der Waals surface area contributed by atoms with Crippen LogP contribution in [0.5, 0.6) is 11.5 Å². The van der Waals surface area contributed by atoms with Crippen molar-refractivity contribution in [1.29, 1.82) is 0 Å². The number of nitrogens with one attached hydrogen (secondary N) is 2. The zero-order chi connectivity index (χ0) is 19.4. The lowest BCUT2D eigenvalue weighted by molar-refractivity contribution is -0.133. The number of rotatable bonds is 5. The Hall–Kier alpha value is -3.72. The molecule has 1 aromatic carbocycles. The van der Waals surface area contributed by atoms with Crippen molar-refractivity contribution < 1.29 is 28.7 Å². The third-order valence-electron chi connectivity index (χ3n) is 3.53. The Bertz CT molecular complexity index is 946. The minimum atomic E-state index is -0.852. The van der Waals surface area contributed by atoms with Crippen LogP contribution in [0.15, 0.2) is 48.7 Å². The van der Waals surface area contributed by atoms with Crippen LogP contribution in [0.4, 0.5) is 0 Å². The van der Waals surface area contributed by atoms with Gasteiger partial charge in [-0.1, -0.05) is 30.3 Å². The van der Waals surface area contributed by atoms with Gasteiger partial charge >= 0.3 is 11.9 Å². The minimum Gasteiger partial charge on any atom is -0.418 e. The Labute approximate surface area is 153 Å². The summed E-state index contributed by atoms with van der Waals surface area (Å²) in [6, 6.07) is 8.20. The first-order valence-electron chi connectivity index (χ1n) is 7.91. The molecule has 9 nitrogen and oxygen atoms in total. The molecule has 0 bridgehead atoms. The largest absolute Gasteiger partial charge is 0.418 e. The highest BCUT2D eigenvalue weighted by Gasteiger charge is 2.29. The normalized spacial score (nSPS) is 14.3. The van der Waals surface area contributed by atoms with Crippen LogP contribution in [0.25, 0.3) is 0 Å². The summed E-state index contributed by atoms with van der Waals surface area (Å²) in [5, 5.41) is 2.67. The van der Waals surface area contributed by atoms with Crippen LogP contribution in [0.3, 0.4) is 0 Å². The molecule has 1 aliphatic rings. The number of carbonyl (C=O) groups is 4. The van der Waals surface area contributed by atoms with Crippen molar-refractivity contribution in [2.45, 2.75) is 0 Å². The molecule has 0 unspecified atom stereocenters. The fourth-order valence-electron chi connectivity index (χ4n) is 2.41. The van der Waals surface area contributed by atoms with E-state index in [1.165, 1.54) is 6.20 Å². The number of ether oxygens (including phenoxy) is 2. The van der Waals surface area contributed by atoms with Crippen molar-refractivity contribution in [1.82, 2.24) is 9.99 Å². The zero-order valence-corrected chi connectivity index (χ0v) is 14.2. The highest BCUT2D eigenvalue weighted by atomic mass is 16.6. The lowest BCUT2D eigenvalue weighted by Crippen LogP contribution is -2.32. The summed E-state index contributed by atoms with van der Waals surface area (Å²) in [5.74, 6) is -3.08. The number of nitrogens with zero attached hydrogens (tertiary/aromatic N) is 1. The zero-order valence-electron chi connectivity index (χ0n) is 14.2. The molecule has 9 heteroatoms. The minimum absolute atomic E-state index is 0.0249. The Kier molecular flexibility index (Phi) is 5.13. The van der Waals surface area contributed by atoms with Gasteiger partial charge in [0, 0.05) is 17.7 Å². The SMILES string of the molecule is CNCC(=O)Nn1cc2c(c1C(=O)c1ccccc1)OC(=O)/C=C/C(=O)O2. The Morgan fingerprint density at radius 2 is 1.70 bits per heavy atom. The van der Waals surface area contributed by atoms with Crippen molar-refractivity contribution in [2.75, 3.05) is 19.0 Å². The summed E-state index contributed by atoms with van der Waals surface area (Å²) in [4.78, 5) is 48.5. The van der Waals surface area contributed by atoms with Crippen LogP contribution in [-0.4, -0.2) is 41.9 Å². The van der Waals surface area contributed by atoms with E-state index in [1.807, 2.05) is 0 Å². The number of amides is 1. The van der Waals surface area contributed by atoms with E-state index in [0.29, 0.717) is 5.56 Å². The topological polar surface area (TPSA) is 116 Å². The summed E-state index contributed by atoms with van der Waals surface area (Å²) in [5.41, 5.74) is 2.62. The number of likely N-dealkylation sites (N-methyl/N-ethyl adjacent to an activating group) is 1. The van der Waals surface area contributed by atoms with Gasteiger partial charge in [-0.05, 0) is 7.05 Å². The van der Waals surface area contributed by atoms with Gasteiger partial charge in [0.1, 0.15) is 0 Å². The van der Waals surface area contributed by atoms with Gasteiger partial charge in [0.25, 0.3) is 5.91 Å². The van der Waals surface area contributed by atoms with Crippen LogP contribution in [0, 0.1) is 0 Å². The molecule has 2 N–H and O–H groups in total. The first kappa shape index (κ1) is 18.1. The number of hydrogen-bond donors (Lipinski definition) is 2. The molecule has 1 aromatic heterocycles. The number of fused-ring (bicyclic) bond motifs is 1. The molecule has 0 aliphatic carbocycles. The Morgan fingerprint density at radius 3 is 2.37 bits per heavy atom. The third-order valence-corrected chi connectivity index (χ3v) is 3.53. The maximum absolute atomic E-state index is 13.0. The van der Waals surface area contributed by atoms with Crippen LogP contribution in [0.1, 0.15) is 16.1 Å². The molecular weight excluding hydrogens is 354 g/mol. The van der Waals surface area contributed by atoms with Gasteiger partial charge in [-0.15, -0.1) is 0 Å². The van der Waals surface area contributed by atoms with E-state index >= 15 is 0 Å². The molecule has 0 atom stereocenters. The average molecular weight is 369 g/mol. The first-order chi connectivity index (χ1) is 13.0. The summed E-state index contributed by atoms with van der Waals surface area (Å²) >= 11 is 0. The van der Waals surface area contributed by atoms with E-state index in [2.05, 4.69) is 10.7 Å². The highest BCUT2D eigenvalue weighted by Crippen LogP contribution is 2.36. The molecule has 3 rings (SSSR count). The summed E-state index contributed by atoms with van der Waals surface area (Å²) in [7, 11) is 1.58. The van der Waals surface area contributed by atoms with Gasteiger partial charge in [-0.3, -0.25) is 15.0 Å². The van der Waals surface area contributed by atoms with Crippen LogP contribution in [-0.2, 0) is 14.4 Å². The number of esters is 2. The quantitative estimate of drug-likeness (QED) is 0.578. The molecule has 0 spiro atoms. The van der Waals surface area contributed by atoms with Gasteiger partial charge in [0.05, 0.1) is 12.7 Å². The van der Waals surface area contributed by atoms with Crippen molar-refractivity contribution in [2.24, 2.45) is 0 Å². The van der Waals surface area contributed by atoms with Crippen molar-refractivity contribution in [3.63, 3.8) is 0 Å². The Morgan fingerprint density at radius 1 is 1.04 bits per heavy atom. The molecule has 1 aliphatic heterocycles. The van der Waals surface area contributed by atoms with E-state index < -0.39 is 23.6 Å². The van der Waals surface area contributed by atoms with E-state index in [9.17, 15) is 19.2 Å². The maximum Gasteiger partial charge on any atom is 0.336 e. The second-order valence-electron chi connectivity index (χ2n) is 5.48. The number of benzene rings is 1. The predicted molar refractivity (Wildman–Crippen MR) is 93.0 cm³/mol. The van der Waals surface area contributed by atoms with Gasteiger partial charge in [0.2, 0.25) is 11.5 Å². The molecule has 1 amide bonds. The van der Waals surface area contributed by atoms with E-state index in [4.69, 9.17) is 9.47 Å². The molecule has 27 heavy (non-hydrogen) atoms. The second-order valence-corrected chi connectivity index (χ2v) is 5.48. The standard InChI is InChI=1S/C18H15N3O6/c1-19-9-13(22)20-21-10-12-18(27-15(24)8-7-14(23)26-12)16(21)17(25)11-5-3-2-4-6-11/h2-8,10,19H,9H2,1H3,(H,20,22)/b8-7+. The van der Waals surface area contributed by atoms with Crippen LogP contribution in [0.2, 0.25) is 0 Å². The van der Waals surface area contributed by atoms with Crippen LogP contribution < -0.4 is 20.2 Å². The number of aromatic nitrogens is 1. The van der Waals surface area contributed by atoms with Gasteiger partial charge in [0.15, 0.2) is 11.4 Å². The molecule has 138 valence electrons. The van der Waals surface area contributed by atoms with Crippen molar-refractivity contribution in [3.8, 4) is 11.5 Å². The average Bonchev–Trinajstić information content (AvgIpc) is 2.95. The fraction of sp³-hybridized carbons (Fsp3) is 0.111. The molecule has 2 heterocycles. The van der Waals surface area contributed by atoms with Crippen molar-refractivity contribution in [3.05, 3.63) is 59.9 Å². The van der Waals surface area contributed by atoms with Gasteiger partial charge in [-0.25, -0.2) is 14.3 Å². The lowest BCUT2D eigenvalue weighted by atomic mass is 10.1. The smallest absolute Gasteiger partial charge is 0.336 e. The summed E-state index contributed by atoms with van der Waals surface area (Å²) in [6.07, 6.45) is 2.99. The molecular formula is C18H15N3O6. The van der Waals surface area contributed by atoms with Gasteiger partial charge in [-0.2, -0.15) is 0 Å². The third kappa shape index (κ3) is 3.93. The number of ketones is 1. The molecule has 0 radical (unpaired) electrons. The molecule has 0 fully saturated rings. The second kappa shape index (κ2) is 7.67. The first-order valence-corrected chi connectivity index (χ1v) is 7.91.